The fourth-order valence-corrected chi connectivity index (χ4v) is 2.94. The summed E-state index contributed by atoms with van der Waals surface area (Å²) < 4.78 is 0. The van der Waals surface area contributed by atoms with E-state index in [0.29, 0.717) is 5.82 Å². The van der Waals surface area contributed by atoms with Crippen molar-refractivity contribution in [1.29, 1.82) is 0 Å². The molecule has 0 radical (unpaired) electrons. The summed E-state index contributed by atoms with van der Waals surface area (Å²) in [5.41, 5.74) is 6.98. The third-order valence-corrected chi connectivity index (χ3v) is 4.07. The number of nitrogens with two attached hydrogens (primary N) is 1. The van der Waals surface area contributed by atoms with Crippen molar-refractivity contribution in [3.63, 3.8) is 0 Å². The molecule has 1 atom stereocenters. The molecule has 0 fully saturated rings. The van der Waals surface area contributed by atoms with Gasteiger partial charge in [-0.2, -0.15) is 0 Å². The predicted octanol–water partition coefficient (Wildman–Crippen LogP) is 3.64. The van der Waals surface area contributed by atoms with E-state index in [1.807, 2.05) is 0 Å². The average molecular weight is 276 g/mol. The molecule has 2 rings (SSSR count). The van der Waals surface area contributed by atoms with Crippen LogP contribution in [0.1, 0.15) is 43.2 Å². The van der Waals surface area contributed by atoms with E-state index >= 15 is 0 Å². The zero-order chi connectivity index (χ0) is 13.7. The van der Waals surface area contributed by atoms with E-state index in [-0.39, 0.29) is 6.04 Å². The monoisotopic (exact) mass is 276 g/mol. The quantitative estimate of drug-likeness (QED) is 0.845. The van der Waals surface area contributed by atoms with E-state index in [9.17, 15) is 0 Å². The summed E-state index contributed by atoms with van der Waals surface area (Å²) in [5.74, 6) is 1.45. The van der Waals surface area contributed by atoms with Gasteiger partial charge >= 0.3 is 0 Å². The Morgan fingerprint density at radius 3 is 2.84 bits per heavy atom. The van der Waals surface area contributed by atoms with E-state index in [2.05, 4.69) is 46.6 Å². The summed E-state index contributed by atoms with van der Waals surface area (Å²) in [5, 5.41) is 5.60. The molecule has 2 heterocycles. The molecular weight excluding hydrogens is 256 g/mol. The maximum Gasteiger partial charge on any atom is 0.135 e. The second kappa shape index (κ2) is 6.52. The lowest BCUT2D eigenvalue weighted by atomic mass is 10.1. The maximum atomic E-state index is 5.95. The summed E-state index contributed by atoms with van der Waals surface area (Å²) >= 11 is 1.76. The van der Waals surface area contributed by atoms with Crippen LogP contribution >= 0.6 is 11.3 Å². The van der Waals surface area contributed by atoms with Crippen LogP contribution in [0, 0.1) is 0 Å². The maximum absolute atomic E-state index is 5.95. The Bertz CT molecular complexity index is 510. The first-order valence-corrected chi connectivity index (χ1v) is 7.53. The fourth-order valence-electron chi connectivity index (χ4n) is 2.08. The van der Waals surface area contributed by atoms with Gasteiger partial charge in [-0.1, -0.05) is 26.3 Å². The van der Waals surface area contributed by atoms with Crippen molar-refractivity contribution >= 4 is 23.0 Å². The number of rotatable bonds is 6. The largest absolute Gasteiger partial charge is 0.383 e. The van der Waals surface area contributed by atoms with Gasteiger partial charge in [0.1, 0.15) is 18.0 Å². The van der Waals surface area contributed by atoms with Gasteiger partial charge in [0.15, 0.2) is 0 Å². The van der Waals surface area contributed by atoms with E-state index in [1.54, 1.807) is 11.3 Å². The minimum atomic E-state index is 0.282. The van der Waals surface area contributed by atoms with Gasteiger partial charge in [0, 0.05) is 10.4 Å². The molecule has 0 aliphatic rings. The second-order valence-electron chi connectivity index (χ2n) is 4.46. The standard InChI is InChI=1S/C14H20N4S/c1-3-6-10-13(15)16-9-17-14(10)18-11(4-2)12-7-5-8-19-12/h5,7-9,11H,3-4,6H2,1-2H3,(H3,15,16,17,18). The summed E-state index contributed by atoms with van der Waals surface area (Å²) in [6.45, 7) is 4.30. The number of nitrogens with one attached hydrogen (secondary N) is 1. The zero-order valence-electron chi connectivity index (χ0n) is 11.4. The summed E-state index contributed by atoms with van der Waals surface area (Å²) in [6, 6.07) is 4.51. The average Bonchev–Trinajstić information content (AvgIpc) is 2.93. The van der Waals surface area contributed by atoms with Gasteiger partial charge in [-0.3, -0.25) is 0 Å². The minimum Gasteiger partial charge on any atom is -0.383 e. The van der Waals surface area contributed by atoms with Gasteiger partial charge in [0.25, 0.3) is 0 Å². The molecule has 3 N–H and O–H groups in total. The number of hydrogen-bond donors (Lipinski definition) is 2. The van der Waals surface area contributed by atoms with Crippen molar-refractivity contribution in [2.45, 2.75) is 39.2 Å². The van der Waals surface area contributed by atoms with Crippen LogP contribution in [0.4, 0.5) is 11.6 Å². The summed E-state index contributed by atoms with van der Waals surface area (Å²) in [6.07, 6.45) is 4.46. The Morgan fingerprint density at radius 2 is 2.21 bits per heavy atom. The van der Waals surface area contributed by atoms with E-state index in [1.165, 1.54) is 11.2 Å². The van der Waals surface area contributed by atoms with Crippen LogP contribution in [0.25, 0.3) is 0 Å². The van der Waals surface area contributed by atoms with Crippen LogP contribution in [0.3, 0.4) is 0 Å². The predicted molar refractivity (Wildman–Crippen MR) is 81.4 cm³/mol. The van der Waals surface area contributed by atoms with Gasteiger partial charge in [-0.25, -0.2) is 9.97 Å². The molecule has 19 heavy (non-hydrogen) atoms. The van der Waals surface area contributed by atoms with E-state index in [0.717, 1.165) is 30.6 Å². The molecule has 2 aromatic rings. The van der Waals surface area contributed by atoms with Gasteiger partial charge < -0.3 is 11.1 Å². The Balaban J connectivity index is 2.24. The third kappa shape index (κ3) is 3.23. The number of hydrogen-bond acceptors (Lipinski definition) is 5. The molecule has 0 aliphatic heterocycles. The first-order valence-electron chi connectivity index (χ1n) is 6.65. The van der Waals surface area contributed by atoms with Gasteiger partial charge in [-0.05, 0) is 24.3 Å². The van der Waals surface area contributed by atoms with Crippen molar-refractivity contribution < 1.29 is 0 Å². The van der Waals surface area contributed by atoms with Crippen molar-refractivity contribution in [1.82, 2.24) is 9.97 Å². The van der Waals surface area contributed by atoms with Crippen molar-refractivity contribution in [3.05, 3.63) is 34.3 Å². The molecule has 0 aromatic carbocycles. The zero-order valence-corrected chi connectivity index (χ0v) is 12.2. The molecule has 0 saturated heterocycles. The first-order chi connectivity index (χ1) is 9.26. The topological polar surface area (TPSA) is 63.8 Å². The number of nitrogens with zero attached hydrogens (tertiary/aromatic N) is 2. The minimum absolute atomic E-state index is 0.282. The van der Waals surface area contributed by atoms with Gasteiger partial charge in [0.05, 0.1) is 6.04 Å². The highest BCUT2D eigenvalue weighted by Crippen LogP contribution is 2.28. The second-order valence-corrected chi connectivity index (χ2v) is 5.44. The van der Waals surface area contributed by atoms with E-state index < -0.39 is 0 Å². The Kier molecular flexibility index (Phi) is 4.74. The number of anilines is 2. The molecule has 2 aromatic heterocycles. The Morgan fingerprint density at radius 1 is 1.37 bits per heavy atom. The summed E-state index contributed by atoms with van der Waals surface area (Å²) in [4.78, 5) is 9.76. The van der Waals surface area contributed by atoms with Crippen molar-refractivity contribution in [3.8, 4) is 0 Å². The number of nitrogen functional groups attached to an aromatic ring is 1. The molecule has 0 aliphatic carbocycles. The number of thiophene rings is 1. The molecule has 4 nitrogen and oxygen atoms in total. The smallest absolute Gasteiger partial charge is 0.135 e. The Labute approximate surface area is 118 Å². The molecule has 5 heteroatoms. The summed E-state index contributed by atoms with van der Waals surface area (Å²) in [7, 11) is 0. The lowest BCUT2D eigenvalue weighted by molar-refractivity contribution is 0.753. The van der Waals surface area contributed by atoms with Crippen LogP contribution in [-0.4, -0.2) is 9.97 Å². The van der Waals surface area contributed by atoms with E-state index in [4.69, 9.17) is 5.73 Å². The molecule has 102 valence electrons. The number of aromatic nitrogens is 2. The SMILES string of the molecule is CCCc1c(N)ncnc1NC(CC)c1cccs1. The molecular formula is C14H20N4S. The van der Waals surface area contributed by atoms with Crippen LogP contribution in [0.15, 0.2) is 23.8 Å². The molecule has 0 saturated carbocycles. The van der Waals surface area contributed by atoms with Gasteiger partial charge in [0.2, 0.25) is 0 Å². The van der Waals surface area contributed by atoms with Crippen LogP contribution in [-0.2, 0) is 6.42 Å². The highest BCUT2D eigenvalue weighted by atomic mass is 32.1. The highest BCUT2D eigenvalue weighted by molar-refractivity contribution is 7.10. The fraction of sp³-hybridized carbons (Fsp3) is 0.429. The van der Waals surface area contributed by atoms with Crippen LogP contribution in [0.2, 0.25) is 0 Å². The van der Waals surface area contributed by atoms with Crippen LogP contribution in [0.5, 0.6) is 0 Å². The van der Waals surface area contributed by atoms with Gasteiger partial charge in [-0.15, -0.1) is 11.3 Å². The molecule has 0 bridgehead atoms. The van der Waals surface area contributed by atoms with Crippen LogP contribution < -0.4 is 11.1 Å². The van der Waals surface area contributed by atoms with Crippen molar-refractivity contribution in [2.75, 3.05) is 11.1 Å². The highest BCUT2D eigenvalue weighted by Gasteiger charge is 2.14. The van der Waals surface area contributed by atoms with Crippen molar-refractivity contribution in [2.24, 2.45) is 0 Å². The Hall–Kier alpha value is -1.62. The molecule has 0 spiro atoms. The first kappa shape index (κ1) is 13.8. The third-order valence-electron chi connectivity index (χ3n) is 3.08. The molecule has 0 amide bonds. The molecule has 1 unspecified atom stereocenters. The normalized spacial score (nSPS) is 12.3. The lowest BCUT2D eigenvalue weighted by Crippen LogP contribution is -2.13. The lowest BCUT2D eigenvalue weighted by Gasteiger charge is -2.19.